The highest BCUT2D eigenvalue weighted by Gasteiger charge is 1.96. The van der Waals surface area contributed by atoms with Crippen LogP contribution >= 0.6 is 0 Å². The van der Waals surface area contributed by atoms with Crippen LogP contribution in [0.4, 0.5) is 17.1 Å². The molecule has 0 saturated carbocycles. The van der Waals surface area contributed by atoms with E-state index in [0.29, 0.717) is 5.69 Å². The Hall–Kier alpha value is -2.21. The zero-order chi connectivity index (χ0) is 14.5. The molecule has 0 fully saturated rings. The number of thiol groups is 1. The third-order valence-electron chi connectivity index (χ3n) is 2.71. The predicted octanol–water partition coefficient (Wildman–Crippen LogP) is 3.14. The third-order valence-corrected chi connectivity index (χ3v) is 3.43. The Bertz CT molecular complexity index is 667. The van der Waals surface area contributed by atoms with Crippen molar-refractivity contribution in [2.24, 2.45) is 10.2 Å². The first-order valence-electron chi connectivity index (χ1n) is 6.00. The molecule has 2 aromatic rings. The summed E-state index contributed by atoms with van der Waals surface area (Å²) >= 11 is 0. The van der Waals surface area contributed by atoms with Gasteiger partial charge in [-0.15, -0.1) is 0 Å². The van der Waals surface area contributed by atoms with Crippen LogP contribution in [0, 0.1) is 0 Å². The number of hydrogen-bond donors (Lipinski definition) is 1. The van der Waals surface area contributed by atoms with Crippen LogP contribution in [0.25, 0.3) is 0 Å². The van der Waals surface area contributed by atoms with Crippen LogP contribution in [-0.4, -0.2) is 22.5 Å². The summed E-state index contributed by atoms with van der Waals surface area (Å²) in [6.45, 7) is 0. The lowest BCUT2D eigenvalue weighted by Gasteiger charge is -2.11. The largest absolute Gasteiger partial charge is 0.378 e. The molecule has 0 bridgehead atoms. The van der Waals surface area contributed by atoms with Gasteiger partial charge in [0.25, 0.3) is 0 Å². The van der Waals surface area contributed by atoms with Gasteiger partial charge in [0.05, 0.1) is 16.3 Å². The van der Waals surface area contributed by atoms with Crippen LogP contribution in [0.2, 0.25) is 0 Å². The van der Waals surface area contributed by atoms with Gasteiger partial charge in [-0.2, -0.15) is 10.2 Å². The van der Waals surface area contributed by atoms with Crippen LogP contribution in [0.15, 0.2) is 63.7 Å². The summed E-state index contributed by atoms with van der Waals surface area (Å²) in [5.74, 6) is 0. The Kier molecular flexibility index (Phi) is 4.47. The predicted molar refractivity (Wildman–Crippen MR) is 80.0 cm³/mol. The van der Waals surface area contributed by atoms with Crippen LogP contribution < -0.4 is 4.90 Å². The fourth-order valence-corrected chi connectivity index (χ4v) is 1.97. The van der Waals surface area contributed by atoms with Crippen molar-refractivity contribution >= 4 is 27.8 Å². The van der Waals surface area contributed by atoms with Crippen molar-refractivity contribution in [1.29, 1.82) is 0 Å². The number of anilines is 1. The van der Waals surface area contributed by atoms with E-state index in [-0.39, 0.29) is 4.90 Å². The monoisotopic (exact) mass is 289 g/mol. The Labute approximate surface area is 119 Å². The first-order chi connectivity index (χ1) is 9.56. The number of rotatable bonds is 4. The fraction of sp³-hybridized carbons (Fsp3) is 0.143. The highest BCUT2D eigenvalue weighted by atomic mass is 32.2. The smallest absolute Gasteiger partial charge is 0.168 e. The molecule has 20 heavy (non-hydrogen) atoms. The van der Waals surface area contributed by atoms with Gasteiger partial charge in [0, 0.05) is 19.8 Å². The van der Waals surface area contributed by atoms with E-state index in [1.165, 1.54) is 12.1 Å². The van der Waals surface area contributed by atoms with Crippen LogP contribution in [0.1, 0.15) is 0 Å². The molecule has 0 amide bonds. The van der Waals surface area contributed by atoms with Gasteiger partial charge >= 0.3 is 0 Å². The molecule has 0 N–H and O–H groups in total. The van der Waals surface area contributed by atoms with E-state index in [0.717, 1.165) is 11.4 Å². The molecule has 0 atom stereocenters. The van der Waals surface area contributed by atoms with Gasteiger partial charge in [0.2, 0.25) is 0 Å². The molecule has 0 aromatic heterocycles. The van der Waals surface area contributed by atoms with E-state index in [2.05, 4.69) is 10.2 Å². The van der Waals surface area contributed by atoms with Gasteiger partial charge < -0.3 is 4.90 Å². The van der Waals surface area contributed by atoms with E-state index in [4.69, 9.17) is 0 Å². The summed E-state index contributed by atoms with van der Waals surface area (Å²) in [7, 11) is 1.39. The Balaban J connectivity index is 2.12. The molecule has 0 aliphatic rings. The van der Waals surface area contributed by atoms with E-state index < -0.39 is 10.7 Å². The molecule has 0 heterocycles. The van der Waals surface area contributed by atoms with Gasteiger partial charge in [0.15, 0.2) is 10.7 Å². The lowest BCUT2D eigenvalue weighted by atomic mass is 10.3. The van der Waals surface area contributed by atoms with Crippen molar-refractivity contribution in [3.8, 4) is 0 Å². The van der Waals surface area contributed by atoms with Crippen molar-refractivity contribution in [3.63, 3.8) is 0 Å². The molecule has 0 radical (unpaired) electrons. The number of nitrogens with zero attached hydrogens (tertiary/aromatic N) is 3. The molecule has 6 heteroatoms. The van der Waals surface area contributed by atoms with Gasteiger partial charge in [0.1, 0.15) is 0 Å². The normalized spacial score (nSPS) is 11.2. The van der Waals surface area contributed by atoms with Gasteiger partial charge in [-0.05, 0) is 48.5 Å². The van der Waals surface area contributed by atoms with Crippen LogP contribution in [0.3, 0.4) is 0 Å². The molecule has 5 nitrogen and oxygen atoms in total. The maximum absolute atomic E-state index is 10.8. The summed E-state index contributed by atoms with van der Waals surface area (Å²) < 4.78 is 21.5. The first kappa shape index (κ1) is 14.2. The summed E-state index contributed by atoms with van der Waals surface area (Å²) in [4.78, 5) is 2.28. The minimum Gasteiger partial charge on any atom is -0.378 e. The van der Waals surface area contributed by atoms with E-state index in [1.807, 2.05) is 43.3 Å². The minimum atomic E-state index is -2.55. The topological polar surface area (TPSA) is 62.1 Å². The van der Waals surface area contributed by atoms with Crippen molar-refractivity contribution in [1.82, 2.24) is 0 Å². The molecule has 104 valence electrons. The average molecular weight is 289 g/mol. The SMILES string of the molecule is CN(C)c1ccc(/N=N/c2ccc([SH](=O)=O)cc2)cc1. The number of benzene rings is 2. The lowest BCUT2D eigenvalue weighted by molar-refractivity contribution is 0.614. The average Bonchev–Trinajstić information content (AvgIpc) is 2.46. The van der Waals surface area contributed by atoms with Crippen LogP contribution in [0.5, 0.6) is 0 Å². The number of hydrogen-bond acceptors (Lipinski definition) is 5. The molecule has 2 aromatic carbocycles. The second kappa shape index (κ2) is 6.29. The van der Waals surface area contributed by atoms with Gasteiger partial charge in [-0.25, -0.2) is 8.42 Å². The minimum absolute atomic E-state index is 0.272. The molecule has 0 aliphatic carbocycles. The second-order valence-corrected chi connectivity index (χ2v) is 5.41. The van der Waals surface area contributed by atoms with Crippen molar-refractivity contribution in [2.75, 3.05) is 19.0 Å². The Morgan fingerprint density at radius 3 is 1.65 bits per heavy atom. The molecule has 0 unspecified atom stereocenters. The second-order valence-electron chi connectivity index (χ2n) is 4.38. The maximum Gasteiger partial charge on any atom is 0.168 e. The summed E-state index contributed by atoms with van der Waals surface area (Å²) in [5, 5.41) is 8.17. The zero-order valence-corrected chi connectivity index (χ0v) is 12.1. The molecule has 0 spiro atoms. The standard InChI is InChI=1S/C14H15N3O2S/c1-17(2)13-7-3-11(4-8-13)15-16-12-5-9-14(10-6-12)20(18)19/h3-10,20H,1-2H3/b16-15+. The summed E-state index contributed by atoms with van der Waals surface area (Å²) in [6, 6.07) is 13.9. The third kappa shape index (κ3) is 3.64. The first-order valence-corrected chi connectivity index (χ1v) is 7.17. The molecular weight excluding hydrogens is 274 g/mol. The molecule has 0 aliphatic heterocycles. The summed E-state index contributed by atoms with van der Waals surface area (Å²) in [5.41, 5.74) is 2.45. The molecular formula is C14H15N3O2S. The molecule has 2 rings (SSSR count). The Morgan fingerprint density at radius 1 is 0.800 bits per heavy atom. The zero-order valence-electron chi connectivity index (χ0n) is 11.2. The lowest BCUT2D eigenvalue weighted by Crippen LogP contribution is -2.07. The van der Waals surface area contributed by atoms with Gasteiger partial charge in [-0.1, -0.05) is 0 Å². The maximum atomic E-state index is 10.8. The number of azo groups is 1. The van der Waals surface area contributed by atoms with Crippen molar-refractivity contribution in [3.05, 3.63) is 48.5 Å². The highest BCUT2D eigenvalue weighted by Crippen LogP contribution is 2.21. The van der Waals surface area contributed by atoms with Gasteiger partial charge in [-0.3, -0.25) is 0 Å². The van der Waals surface area contributed by atoms with E-state index in [1.54, 1.807) is 12.1 Å². The molecule has 0 saturated heterocycles. The Morgan fingerprint density at radius 2 is 1.25 bits per heavy atom. The fourth-order valence-electron chi connectivity index (χ4n) is 1.57. The van der Waals surface area contributed by atoms with Crippen molar-refractivity contribution < 1.29 is 8.42 Å². The summed E-state index contributed by atoms with van der Waals surface area (Å²) in [6.07, 6.45) is 0. The highest BCUT2D eigenvalue weighted by molar-refractivity contribution is 7.72. The quantitative estimate of drug-likeness (QED) is 0.694. The van der Waals surface area contributed by atoms with E-state index >= 15 is 0 Å². The van der Waals surface area contributed by atoms with E-state index in [9.17, 15) is 8.42 Å². The van der Waals surface area contributed by atoms with Crippen molar-refractivity contribution in [2.45, 2.75) is 4.90 Å². The van der Waals surface area contributed by atoms with Crippen LogP contribution in [-0.2, 0) is 10.7 Å².